The smallest absolute Gasteiger partial charge is 0.253 e. The van der Waals surface area contributed by atoms with Gasteiger partial charge >= 0.3 is 0 Å². The van der Waals surface area contributed by atoms with E-state index in [2.05, 4.69) is 5.32 Å². The molecule has 2 aromatic rings. The van der Waals surface area contributed by atoms with Crippen molar-refractivity contribution in [3.8, 4) is 0 Å². The number of nitrogens with zero attached hydrogens (tertiary/aromatic N) is 1. The average molecular weight is 371 g/mol. The Balaban J connectivity index is 1.57. The minimum atomic E-state index is -0.162. The molecule has 1 saturated heterocycles. The molecular weight excluding hydrogens is 348 g/mol. The largest absolute Gasteiger partial charge is 0.352 e. The van der Waals surface area contributed by atoms with Gasteiger partial charge in [-0.1, -0.05) is 41.4 Å². The number of likely N-dealkylation sites (tertiary alicyclic amines) is 1. The Morgan fingerprint density at radius 2 is 1.81 bits per heavy atom. The second-order valence-electron chi connectivity index (χ2n) is 6.80. The van der Waals surface area contributed by atoms with Crippen LogP contribution in [0.25, 0.3) is 0 Å². The molecule has 26 heavy (non-hydrogen) atoms. The second kappa shape index (κ2) is 8.37. The van der Waals surface area contributed by atoms with Crippen LogP contribution in [-0.4, -0.2) is 29.8 Å². The molecule has 1 unspecified atom stereocenters. The molecule has 3 rings (SSSR count). The third-order valence-corrected chi connectivity index (χ3v) is 5.01. The Bertz CT molecular complexity index is 772. The van der Waals surface area contributed by atoms with E-state index < -0.39 is 0 Å². The molecule has 0 aliphatic carbocycles. The summed E-state index contributed by atoms with van der Waals surface area (Å²) in [6, 6.07) is 15.0. The van der Waals surface area contributed by atoms with Gasteiger partial charge in [0.05, 0.1) is 5.92 Å². The predicted molar refractivity (Wildman–Crippen MR) is 103 cm³/mol. The van der Waals surface area contributed by atoms with E-state index in [1.807, 2.05) is 31.2 Å². The summed E-state index contributed by atoms with van der Waals surface area (Å²) in [4.78, 5) is 26.9. The van der Waals surface area contributed by atoms with Gasteiger partial charge in [0.25, 0.3) is 5.91 Å². The molecule has 136 valence electrons. The first-order chi connectivity index (χ1) is 12.5. The van der Waals surface area contributed by atoms with Gasteiger partial charge in [0, 0.05) is 30.2 Å². The maximum Gasteiger partial charge on any atom is 0.253 e. The van der Waals surface area contributed by atoms with Gasteiger partial charge in [-0.25, -0.2) is 0 Å². The molecule has 0 bridgehead atoms. The van der Waals surface area contributed by atoms with Crippen LogP contribution in [0, 0.1) is 12.8 Å². The Morgan fingerprint density at radius 3 is 2.50 bits per heavy atom. The topological polar surface area (TPSA) is 49.4 Å². The van der Waals surface area contributed by atoms with Crippen LogP contribution in [0.4, 0.5) is 0 Å². The summed E-state index contributed by atoms with van der Waals surface area (Å²) < 4.78 is 0. The molecule has 1 fully saturated rings. The number of piperidine rings is 1. The van der Waals surface area contributed by atoms with E-state index in [1.54, 1.807) is 29.2 Å². The highest BCUT2D eigenvalue weighted by atomic mass is 35.5. The zero-order valence-corrected chi connectivity index (χ0v) is 15.6. The number of carbonyl (C=O) groups is 2. The van der Waals surface area contributed by atoms with Crippen molar-refractivity contribution in [2.24, 2.45) is 5.92 Å². The molecule has 2 aromatic carbocycles. The van der Waals surface area contributed by atoms with Crippen molar-refractivity contribution in [2.45, 2.75) is 26.3 Å². The second-order valence-corrected chi connectivity index (χ2v) is 7.24. The molecule has 1 N–H and O–H groups in total. The Labute approximate surface area is 159 Å². The first kappa shape index (κ1) is 18.5. The van der Waals surface area contributed by atoms with Gasteiger partial charge in [-0.2, -0.15) is 0 Å². The van der Waals surface area contributed by atoms with Crippen molar-refractivity contribution in [1.29, 1.82) is 0 Å². The van der Waals surface area contributed by atoms with E-state index in [0.717, 1.165) is 18.4 Å². The van der Waals surface area contributed by atoms with E-state index in [0.29, 0.717) is 30.2 Å². The zero-order chi connectivity index (χ0) is 18.5. The molecule has 1 heterocycles. The number of carbonyl (C=O) groups excluding carboxylic acids is 2. The minimum absolute atomic E-state index is 0.0131. The number of halogens is 1. The summed E-state index contributed by atoms with van der Waals surface area (Å²) in [5, 5.41) is 3.61. The molecule has 1 atom stereocenters. The molecule has 1 aliphatic heterocycles. The quantitative estimate of drug-likeness (QED) is 0.889. The lowest BCUT2D eigenvalue weighted by Crippen LogP contribution is -2.45. The van der Waals surface area contributed by atoms with Gasteiger partial charge < -0.3 is 10.2 Å². The van der Waals surface area contributed by atoms with E-state index in [9.17, 15) is 9.59 Å². The summed E-state index contributed by atoms with van der Waals surface area (Å²) in [6.07, 6.45) is 1.64. The fourth-order valence-corrected chi connectivity index (χ4v) is 3.32. The summed E-state index contributed by atoms with van der Waals surface area (Å²) in [6.45, 7) is 3.70. The minimum Gasteiger partial charge on any atom is -0.352 e. The van der Waals surface area contributed by atoms with Crippen LogP contribution >= 0.6 is 11.6 Å². The Hall–Kier alpha value is -2.33. The fourth-order valence-electron chi connectivity index (χ4n) is 3.19. The number of amides is 2. The zero-order valence-electron chi connectivity index (χ0n) is 14.9. The van der Waals surface area contributed by atoms with Crippen molar-refractivity contribution in [2.75, 3.05) is 13.1 Å². The standard InChI is InChI=1S/C21H23ClN2O2/c1-15-4-6-16(7-5-15)13-23-20(25)18-3-2-12-24(14-18)21(26)17-8-10-19(22)11-9-17/h4-11,18H,2-3,12-14H2,1H3,(H,23,25). The SMILES string of the molecule is Cc1ccc(CNC(=O)C2CCCN(C(=O)c3ccc(Cl)cc3)C2)cc1. The number of nitrogens with one attached hydrogen (secondary N) is 1. The van der Waals surface area contributed by atoms with Crippen LogP contribution in [0.2, 0.25) is 5.02 Å². The third kappa shape index (κ3) is 4.64. The van der Waals surface area contributed by atoms with Crippen molar-refractivity contribution in [1.82, 2.24) is 10.2 Å². The normalized spacial score (nSPS) is 17.0. The van der Waals surface area contributed by atoms with Gasteiger partial charge in [-0.3, -0.25) is 9.59 Å². The average Bonchev–Trinajstić information content (AvgIpc) is 2.67. The lowest BCUT2D eigenvalue weighted by Gasteiger charge is -2.32. The molecule has 0 radical (unpaired) electrons. The first-order valence-electron chi connectivity index (χ1n) is 8.91. The maximum absolute atomic E-state index is 12.6. The van der Waals surface area contributed by atoms with E-state index >= 15 is 0 Å². The molecular formula is C21H23ClN2O2. The molecule has 5 heteroatoms. The van der Waals surface area contributed by atoms with E-state index in [4.69, 9.17) is 11.6 Å². The molecule has 0 spiro atoms. The first-order valence-corrected chi connectivity index (χ1v) is 9.29. The van der Waals surface area contributed by atoms with Gasteiger partial charge in [0.1, 0.15) is 0 Å². The lowest BCUT2D eigenvalue weighted by molar-refractivity contribution is -0.126. The number of aryl methyl sites for hydroxylation is 1. The molecule has 4 nitrogen and oxygen atoms in total. The highest BCUT2D eigenvalue weighted by Crippen LogP contribution is 2.20. The number of hydrogen-bond acceptors (Lipinski definition) is 2. The highest BCUT2D eigenvalue weighted by Gasteiger charge is 2.28. The highest BCUT2D eigenvalue weighted by molar-refractivity contribution is 6.30. The van der Waals surface area contributed by atoms with Crippen LogP contribution < -0.4 is 5.32 Å². The monoisotopic (exact) mass is 370 g/mol. The molecule has 0 aromatic heterocycles. The maximum atomic E-state index is 12.6. The van der Waals surface area contributed by atoms with E-state index in [-0.39, 0.29) is 17.7 Å². The van der Waals surface area contributed by atoms with Crippen molar-refractivity contribution < 1.29 is 9.59 Å². The lowest BCUT2D eigenvalue weighted by atomic mass is 9.96. The van der Waals surface area contributed by atoms with Gasteiger partial charge in [0.2, 0.25) is 5.91 Å². The molecule has 2 amide bonds. The van der Waals surface area contributed by atoms with Crippen LogP contribution in [0.15, 0.2) is 48.5 Å². The van der Waals surface area contributed by atoms with Gasteiger partial charge in [0.15, 0.2) is 0 Å². The van der Waals surface area contributed by atoms with Crippen molar-refractivity contribution in [3.05, 3.63) is 70.2 Å². The third-order valence-electron chi connectivity index (χ3n) is 4.76. The van der Waals surface area contributed by atoms with Crippen LogP contribution in [0.3, 0.4) is 0 Å². The Morgan fingerprint density at radius 1 is 1.12 bits per heavy atom. The summed E-state index contributed by atoms with van der Waals surface area (Å²) in [7, 11) is 0. The number of rotatable bonds is 4. The number of hydrogen-bond donors (Lipinski definition) is 1. The van der Waals surface area contributed by atoms with Crippen LogP contribution in [0.5, 0.6) is 0 Å². The summed E-state index contributed by atoms with van der Waals surface area (Å²) in [5.41, 5.74) is 2.88. The predicted octanol–water partition coefficient (Wildman–Crippen LogP) is 3.82. The van der Waals surface area contributed by atoms with Gasteiger partial charge in [-0.15, -0.1) is 0 Å². The molecule has 1 aliphatic rings. The van der Waals surface area contributed by atoms with Crippen molar-refractivity contribution >= 4 is 23.4 Å². The van der Waals surface area contributed by atoms with Crippen LogP contribution in [0.1, 0.15) is 34.3 Å². The summed E-state index contributed by atoms with van der Waals surface area (Å²) >= 11 is 5.88. The fraction of sp³-hybridized carbons (Fsp3) is 0.333. The van der Waals surface area contributed by atoms with Gasteiger partial charge in [-0.05, 0) is 49.6 Å². The van der Waals surface area contributed by atoms with Crippen LogP contribution in [-0.2, 0) is 11.3 Å². The van der Waals surface area contributed by atoms with E-state index in [1.165, 1.54) is 5.56 Å². The number of benzene rings is 2. The summed E-state index contributed by atoms with van der Waals surface area (Å²) in [5.74, 6) is -0.192. The van der Waals surface area contributed by atoms with Crippen molar-refractivity contribution in [3.63, 3.8) is 0 Å². The Kier molecular flexibility index (Phi) is 5.94. The molecule has 0 saturated carbocycles.